The van der Waals surface area contributed by atoms with Crippen molar-refractivity contribution >= 4 is 21.9 Å². The summed E-state index contributed by atoms with van der Waals surface area (Å²) in [5.41, 5.74) is 7.15. The lowest BCUT2D eigenvalue weighted by atomic mass is 9.91. The first-order valence-electron chi connectivity index (χ1n) is 10.3. The smallest absolute Gasteiger partial charge is 0.181 e. The quantitative estimate of drug-likeness (QED) is 0.429. The van der Waals surface area contributed by atoms with Gasteiger partial charge in [0.2, 0.25) is 0 Å². The summed E-state index contributed by atoms with van der Waals surface area (Å²) in [5, 5.41) is 13.2. The van der Waals surface area contributed by atoms with E-state index in [0.717, 1.165) is 70.4 Å². The second-order valence-corrected chi connectivity index (χ2v) is 7.83. The Labute approximate surface area is 173 Å². The monoisotopic (exact) mass is 395 g/mol. The fourth-order valence-electron chi connectivity index (χ4n) is 4.45. The van der Waals surface area contributed by atoms with E-state index in [9.17, 15) is 0 Å². The zero-order chi connectivity index (χ0) is 19.9. The van der Waals surface area contributed by atoms with Crippen LogP contribution in [0.15, 0.2) is 55.2 Å². The third-order valence-corrected chi connectivity index (χ3v) is 6.05. The van der Waals surface area contributed by atoms with Crippen molar-refractivity contribution in [1.82, 2.24) is 35.5 Å². The largest absolute Gasteiger partial charge is 0.352 e. The molecule has 7 nitrogen and oxygen atoms in total. The van der Waals surface area contributed by atoms with Crippen molar-refractivity contribution in [2.75, 3.05) is 13.1 Å². The average molecular weight is 395 g/mol. The molecule has 1 fully saturated rings. The number of nitrogens with zero attached hydrogens (tertiary/aromatic N) is 4. The Morgan fingerprint density at radius 3 is 2.63 bits per heavy atom. The summed E-state index contributed by atoms with van der Waals surface area (Å²) in [4.78, 5) is 16.7. The molecule has 1 aliphatic heterocycles. The van der Waals surface area contributed by atoms with E-state index in [-0.39, 0.29) is 0 Å². The molecule has 0 aliphatic carbocycles. The number of aromatic amines is 2. The highest BCUT2D eigenvalue weighted by Crippen LogP contribution is 2.34. The topological polar surface area (TPSA) is 95.2 Å². The van der Waals surface area contributed by atoms with E-state index in [1.54, 1.807) is 12.4 Å². The molecule has 148 valence electrons. The van der Waals surface area contributed by atoms with Crippen LogP contribution < -0.4 is 5.32 Å². The number of hydrogen-bond acceptors (Lipinski definition) is 5. The van der Waals surface area contributed by atoms with Crippen molar-refractivity contribution in [2.24, 2.45) is 0 Å². The fourth-order valence-corrected chi connectivity index (χ4v) is 4.45. The molecule has 0 bridgehead atoms. The van der Waals surface area contributed by atoms with Gasteiger partial charge in [0, 0.05) is 41.1 Å². The Balaban J connectivity index is 1.47. The van der Waals surface area contributed by atoms with Crippen LogP contribution in [0.3, 0.4) is 0 Å². The number of H-pyrrole nitrogens is 2. The maximum absolute atomic E-state index is 4.63. The van der Waals surface area contributed by atoms with Gasteiger partial charge in [0.15, 0.2) is 5.65 Å². The number of hydrogen-bond donors (Lipinski definition) is 3. The molecule has 0 atom stereocenters. The molecule has 0 spiro atoms. The van der Waals surface area contributed by atoms with Crippen LogP contribution in [0, 0.1) is 0 Å². The summed E-state index contributed by atoms with van der Waals surface area (Å²) in [6.45, 7) is 2.13. The number of piperidine rings is 1. The van der Waals surface area contributed by atoms with Gasteiger partial charge in [-0.1, -0.05) is 0 Å². The Bertz CT molecular complexity index is 1330. The van der Waals surface area contributed by atoms with Crippen LogP contribution in [0.2, 0.25) is 0 Å². The summed E-state index contributed by atoms with van der Waals surface area (Å²) < 4.78 is 0. The molecule has 1 aliphatic rings. The molecule has 5 aromatic rings. The molecule has 5 aromatic heterocycles. The van der Waals surface area contributed by atoms with Gasteiger partial charge in [0.1, 0.15) is 0 Å². The van der Waals surface area contributed by atoms with Crippen LogP contribution in [-0.2, 0) is 0 Å². The minimum absolute atomic E-state index is 0.552. The van der Waals surface area contributed by atoms with Crippen LogP contribution in [0.25, 0.3) is 44.5 Å². The van der Waals surface area contributed by atoms with Gasteiger partial charge >= 0.3 is 0 Å². The van der Waals surface area contributed by atoms with Crippen molar-refractivity contribution in [3.05, 3.63) is 60.8 Å². The SMILES string of the molecule is c1cc(-c2cncc3[nH]c(-c4[nH]nc5ncc(C6CCNCC6)cc45)cc23)ccn1. The maximum atomic E-state index is 4.63. The average Bonchev–Trinajstić information content (AvgIpc) is 3.43. The molecular formula is C23H21N7. The van der Waals surface area contributed by atoms with Crippen molar-refractivity contribution in [1.29, 1.82) is 0 Å². The van der Waals surface area contributed by atoms with Crippen molar-refractivity contribution in [3.63, 3.8) is 0 Å². The molecule has 0 amide bonds. The van der Waals surface area contributed by atoms with Crippen molar-refractivity contribution in [3.8, 4) is 22.5 Å². The lowest BCUT2D eigenvalue weighted by molar-refractivity contribution is 0.460. The number of aromatic nitrogens is 6. The minimum atomic E-state index is 0.552. The Kier molecular flexibility index (Phi) is 4.06. The molecule has 3 N–H and O–H groups in total. The van der Waals surface area contributed by atoms with Crippen molar-refractivity contribution < 1.29 is 0 Å². The summed E-state index contributed by atoms with van der Waals surface area (Å²) >= 11 is 0. The normalized spacial score (nSPS) is 15.2. The van der Waals surface area contributed by atoms with Gasteiger partial charge in [-0.15, -0.1) is 0 Å². The van der Waals surface area contributed by atoms with Gasteiger partial charge in [-0.05, 0) is 67.2 Å². The Morgan fingerprint density at radius 2 is 1.77 bits per heavy atom. The molecule has 0 unspecified atom stereocenters. The van der Waals surface area contributed by atoms with Gasteiger partial charge in [-0.2, -0.15) is 5.10 Å². The van der Waals surface area contributed by atoms with E-state index in [1.807, 2.05) is 30.7 Å². The van der Waals surface area contributed by atoms with Gasteiger partial charge in [0.05, 0.1) is 23.1 Å². The van der Waals surface area contributed by atoms with E-state index in [0.29, 0.717) is 5.92 Å². The predicted molar refractivity (Wildman–Crippen MR) is 117 cm³/mol. The number of fused-ring (bicyclic) bond motifs is 2. The van der Waals surface area contributed by atoms with E-state index < -0.39 is 0 Å². The number of pyridine rings is 3. The van der Waals surface area contributed by atoms with E-state index in [4.69, 9.17) is 0 Å². The second-order valence-electron chi connectivity index (χ2n) is 7.83. The molecule has 30 heavy (non-hydrogen) atoms. The molecule has 6 rings (SSSR count). The molecular weight excluding hydrogens is 374 g/mol. The molecule has 0 radical (unpaired) electrons. The zero-order valence-corrected chi connectivity index (χ0v) is 16.4. The molecule has 7 heteroatoms. The fraction of sp³-hybridized carbons (Fsp3) is 0.217. The van der Waals surface area contributed by atoms with Gasteiger partial charge < -0.3 is 10.3 Å². The summed E-state index contributed by atoms with van der Waals surface area (Å²) in [6.07, 6.45) is 11.6. The summed E-state index contributed by atoms with van der Waals surface area (Å²) in [5.74, 6) is 0.552. The number of nitrogens with one attached hydrogen (secondary N) is 3. The summed E-state index contributed by atoms with van der Waals surface area (Å²) in [7, 11) is 0. The summed E-state index contributed by atoms with van der Waals surface area (Å²) in [6, 6.07) is 8.43. The number of rotatable bonds is 3. The predicted octanol–water partition coefficient (Wildman–Crippen LogP) is 4.03. The van der Waals surface area contributed by atoms with Crippen LogP contribution in [0.4, 0.5) is 0 Å². The maximum Gasteiger partial charge on any atom is 0.181 e. The molecule has 1 saturated heterocycles. The van der Waals surface area contributed by atoms with Gasteiger partial charge in [-0.25, -0.2) is 4.98 Å². The first-order chi connectivity index (χ1) is 14.9. The molecule has 0 saturated carbocycles. The highest BCUT2D eigenvalue weighted by molar-refractivity contribution is 6.00. The van der Waals surface area contributed by atoms with Gasteiger partial charge in [-0.3, -0.25) is 15.1 Å². The third-order valence-electron chi connectivity index (χ3n) is 6.05. The first-order valence-corrected chi connectivity index (χ1v) is 10.3. The highest BCUT2D eigenvalue weighted by Gasteiger charge is 2.19. The van der Waals surface area contributed by atoms with Crippen LogP contribution in [0.1, 0.15) is 24.3 Å². The van der Waals surface area contributed by atoms with Crippen molar-refractivity contribution in [2.45, 2.75) is 18.8 Å². The first kappa shape index (κ1) is 17.3. The molecule has 0 aromatic carbocycles. The van der Waals surface area contributed by atoms with Crippen LogP contribution in [0.5, 0.6) is 0 Å². The van der Waals surface area contributed by atoms with Crippen LogP contribution in [-0.4, -0.2) is 43.2 Å². The Morgan fingerprint density at radius 1 is 0.900 bits per heavy atom. The highest BCUT2D eigenvalue weighted by atomic mass is 15.2. The lowest BCUT2D eigenvalue weighted by Crippen LogP contribution is -2.26. The van der Waals surface area contributed by atoms with E-state index in [1.165, 1.54) is 5.56 Å². The zero-order valence-electron chi connectivity index (χ0n) is 16.4. The third kappa shape index (κ3) is 2.86. The van der Waals surface area contributed by atoms with E-state index in [2.05, 4.69) is 47.6 Å². The van der Waals surface area contributed by atoms with E-state index >= 15 is 0 Å². The minimum Gasteiger partial charge on any atom is -0.352 e. The Hall–Kier alpha value is -3.58. The van der Waals surface area contributed by atoms with Gasteiger partial charge in [0.25, 0.3) is 0 Å². The molecule has 6 heterocycles. The standard InChI is InChI=1S/C23H21N7/c1-5-24-6-2-14(1)16-9-18-22(29-30-23(18)27-11-16)20-10-17-19(12-26-13-21(17)28-20)15-3-7-25-8-4-15/h3-4,7-14,24,28H,1-2,5-6H2,(H,27,29,30). The lowest BCUT2D eigenvalue weighted by Gasteiger charge is -2.22. The second kappa shape index (κ2) is 7.03. The van der Waals surface area contributed by atoms with Crippen LogP contribution >= 0.6 is 0 Å².